The van der Waals surface area contributed by atoms with Gasteiger partial charge in [-0.25, -0.2) is 0 Å². The second-order valence-corrected chi connectivity index (χ2v) is 12.0. The fourth-order valence-corrected chi connectivity index (χ4v) is 7.58. The first kappa shape index (κ1) is 26.9. The molecule has 35 heavy (non-hydrogen) atoms. The number of imide groups is 1. The zero-order valence-corrected chi connectivity index (χ0v) is 24.0. The predicted octanol–water partition coefficient (Wildman–Crippen LogP) is 1.93. The lowest BCUT2D eigenvalue weighted by molar-refractivity contribution is -0.897. The number of hydrogen-bond acceptors (Lipinski definition) is 3. The molecule has 2 saturated heterocycles. The first-order valence-electron chi connectivity index (χ1n) is 13.8. The van der Waals surface area contributed by atoms with Gasteiger partial charge in [0.15, 0.2) is 0 Å². The number of nitrogens with zero attached hydrogens (tertiary/aromatic N) is 2. The molecule has 0 N–H and O–H groups in total. The van der Waals surface area contributed by atoms with Crippen molar-refractivity contribution in [3.05, 3.63) is 29.3 Å². The van der Waals surface area contributed by atoms with Crippen LogP contribution in [0.15, 0.2) is 18.2 Å². The summed E-state index contributed by atoms with van der Waals surface area (Å²) < 4.78 is 7.34. The van der Waals surface area contributed by atoms with Crippen LogP contribution in [0.25, 0.3) is 0 Å². The highest BCUT2D eigenvalue weighted by Gasteiger charge is 2.57. The van der Waals surface area contributed by atoms with Gasteiger partial charge in [-0.15, -0.1) is 0 Å². The van der Waals surface area contributed by atoms with E-state index in [2.05, 4.69) is 39.1 Å². The average Bonchev–Trinajstić information content (AvgIpc) is 3.26. The molecule has 2 amide bonds. The minimum atomic E-state index is -0.377. The van der Waals surface area contributed by atoms with Crippen molar-refractivity contribution in [1.82, 2.24) is 4.90 Å². The van der Waals surface area contributed by atoms with Crippen molar-refractivity contribution in [3.8, 4) is 5.75 Å². The van der Waals surface area contributed by atoms with Crippen molar-refractivity contribution in [1.29, 1.82) is 0 Å². The maximum absolute atomic E-state index is 13.5. The number of likely N-dealkylation sites (tertiary alicyclic amines) is 2. The van der Waals surface area contributed by atoms with Gasteiger partial charge in [0.1, 0.15) is 18.9 Å². The number of benzene rings is 1. The van der Waals surface area contributed by atoms with E-state index in [1.54, 1.807) is 4.90 Å². The third-order valence-electron chi connectivity index (χ3n) is 9.80. The van der Waals surface area contributed by atoms with Gasteiger partial charge in [0, 0.05) is 25.8 Å². The minimum absolute atomic E-state index is 0. The number of quaternary nitrogens is 1. The first-order chi connectivity index (χ1) is 16.3. The van der Waals surface area contributed by atoms with Gasteiger partial charge in [0.25, 0.3) is 0 Å². The van der Waals surface area contributed by atoms with Crippen molar-refractivity contribution in [2.75, 3.05) is 39.8 Å². The van der Waals surface area contributed by atoms with Gasteiger partial charge in [-0.2, -0.15) is 0 Å². The molecule has 194 valence electrons. The Kier molecular flexibility index (Phi) is 8.21. The Hall–Kier alpha value is -1.15. The number of rotatable bonds is 7. The lowest BCUT2D eigenvalue weighted by Crippen LogP contribution is -3.00. The van der Waals surface area contributed by atoms with Crippen molar-refractivity contribution in [2.24, 2.45) is 17.3 Å². The third kappa shape index (κ3) is 5.03. The summed E-state index contributed by atoms with van der Waals surface area (Å²) in [5.41, 5.74) is 2.48. The number of halogens is 1. The number of aryl methyl sites for hydroxylation is 1. The molecule has 6 heteroatoms. The molecule has 2 heterocycles. The van der Waals surface area contributed by atoms with Gasteiger partial charge in [-0.1, -0.05) is 26.3 Å². The van der Waals surface area contributed by atoms with Crippen LogP contribution in [0.1, 0.15) is 82.3 Å². The second-order valence-electron chi connectivity index (χ2n) is 12.0. The fourth-order valence-electron chi connectivity index (χ4n) is 7.58. The molecule has 4 aliphatic rings. The van der Waals surface area contributed by atoms with Gasteiger partial charge in [0.2, 0.25) is 11.8 Å². The Morgan fingerprint density at radius 2 is 1.94 bits per heavy atom. The topological polar surface area (TPSA) is 46.6 Å². The monoisotopic (exact) mass is 594 g/mol. The molecule has 1 aromatic rings. The SMILES string of the molecule is CCCCN1C(=O)C[C@H]2[C@@H]3CCc4cc(OCC[N+]5(C)CCCC5)ccc4[C@H]3CC[C@]2(C)C1=O.[I-]. The summed E-state index contributed by atoms with van der Waals surface area (Å²) in [7, 11) is 2.35. The summed E-state index contributed by atoms with van der Waals surface area (Å²) in [5, 5.41) is 0. The van der Waals surface area contributed by atoms with Crippen LogP contribution in [0.5, 0.6) is 5.75 Å². The normalized spacial score (nSPS) is 31.3. The van der Waals surface area contributed by atoms with Crippen LogP contribution in [-0.4, -0.2) is 61.0 Å². The summed E-state index contributed by atoms with van der Waals surface area (Å²) in [4.78, 5) is 28.0. The highest BCUT2D eigenvalue weighted by molar-refractivity contribution is 6.01. The Morgan fingerprint density at radius 3 is 2.69 bits per heavy atom. The van der Waals surface area contributed by atoms with Crippen LogP contribution >= 0.6 is 0 Å². The molecule has 0 spiro atoms. The van der Waals surface area contributed by atoms with Crippen molar-refractivity contribution < 1.29 is 42.8 Å². The molecule has 5 rings (SSSR count). The maximum Gasteiger partial charge on any atom is 0.235 e. The quantitative estimate of drug-likeness (QED) is 0.276. The maximum atomic E-state index is 13.5. The van der Waals surface area contributed by atoms with Gasteiger partial charge >= 0.3 is 0 Å². The largest absolute Gasteiger partial charge is 1.00 e. The van der Waals surface area contributed by atoms with E-state index in [1.807, 2.05) is 0 Å². The van der Waals surface area contributed by atoms with Gasteiger partial charge < -0.3 is 33.2 Å². The second kappa shape index (κ2) is 10.7. The molecule has 0 radical (unpaired) electrons. The van der Waals surface area contributed by atoms with E-state index in [1.165, 1.54) is 37.1 Å². The van der Waals surface area contributed by atoms with Crippen LogP contribution < -0.4 is 28.7 Å². The highest BCUT2D eigenvalue weighted by atomic mass is 127. The molecule has 2 aliphatic heterocycles. The number of fused-ring (bicyclic) bond motifs is 5. The lowest BCUT2D eigenvalue weighted by atomic mass is 9.52. The first-order valence-corrected chi connectivity index (χ1v) is 13.8. The minimum Gasteiger partial charge on any atom is -1.00 e. The molecule has 5 nitrogen and oxygen atoms in total. The van der Waals surface area contributed by atoms with Crippen molar-refractivity contribution in [2.45, 2.75) is 77.6 Å². The number of amides is 2. The Labute approximate surface area is 228 Å². The number of carbonyl (C=O) groups is 2. The number of ether oxygens (including phenoxy) is 1. The zero-order valence-electron chi connectivity index (χ0n) is 21.9. The number of likely N-dealkylation sites (N-methyl/N-ethyl adjacent to an activating group) is 1. The van der Waals surface area contributed by atoms with Gasteiger partial charge in [-0.05, 0) is 73.1 Å². The molecular weight excluding hydrogens is 551 g/mol. The lowest BCUT2D eigenvalue weighted by Gasteiger charge is -2.54. The molecule has 4 atom stereocenters. The van der Waals surface area contributed by atoms with E-state index < -0.39 is 0 Å². The number of hydrogen-bond donors (Lipinski definition) is 0. The van der Waals surface area contributed by atoms with E-state index in [-0.39, 0.29) is 47.1 Å². The summed E-state index contributed by atoms with van der Waals surface area (Å²) in [5.74, 6) is 2.23. The Bertz CT molecular complexity index is 944. The smallest absolute Gasteiger partial charge is 0.235 e. The average molecular weight is 595 g/mol. The van der Waals surface area contributed by atoms with E-state index in [9.17, 15) is 9.59 Å². The summed E-state index contributed by atoms with van der Waals surface area (Å²) in [6.07, 6.45) is 9.16. The van der Waals surface area contributed by atoms with E-state index in [0.29, 0.717) is 24.8 Å². The summed E-state index contributed by atoms with van der Waals surface area (Å²) >= 11 is 0. The molecule has 2 aliphatic carbocycles. The molecule has 3 fully saturated rings. The van der Waals surface area contributed by atoms with Crippen LogP contribution in [0.3, 0.4) is 0 Å². The fraction of sp³-hybridized carbons (Fsp3) is 0.724. The van der Waals surface area contributed by atoms with Crippen LogP contribution in [0, 0.1) is 17.3 Å². The molecular formula is C29H43IN2O3. The highest BCUT2D eigenvalue weighted by Crippen LogP contribution is 2.58. The zero-order chi connectivity index (χ0) is 23.9. The number of piperidine rings is 1. The van der Waals surface area contributed by atoms with Crippen LogP contribution in [0.4, 0.5) is 0 Å². The molecule has 0 aromatic heterocycles. The predicted molar refractivity (Wildman–Crippen MR) is 134 cm³/mol. The van der Waals surface area contributed by atoms with E-state index >= 15 is 0 Å². The Morgan fingerprint density at radius 1 is 1.17 bits per heavy atom. The standard InChI is InChI=1S/C29H43N2O3.HI/c1-4-5-14-30-27(32)20-26-25-10-8-21-19-22(34-18-17-31(3)15-6-7-16-31)9-11-23(21)24(25)12-13-29(26,2)28(30)33;/h9,11,19,24-26H,4-8,10,12-18,20H2,1-3H3;1H/q+1;/p-1/t24-,25-,26+,29+;/m1./s1. The number of carbonyl (C=O) groups excluding carboxylic acids is 2. The number of unbranched alkanes of at least 4 members (excludes halogenated alkanes) is 1. The van der Waals surface area contributed by atoms with Crippen molar-refractivity contribution >= 4 is 11.8 Å². The molecule has 0 bridgehead atoms. The van der Waals surface area contributed by atoms with E-state index in [0.717, 1.165) is 61.9 Å². The molecule has 0 unspecified atom stereocenters. The third-order valence-corrected chi connectivity index (χ3v) is 9.80. The van der Waals surface area contributed by atoms with Gasteiger partial charge in [-0.3, -0.25) is 14.5 Å². The molecule has 1 aromatic carbocycles. The molecule has 1 saturated carbocycles. The van der Waals surface area contributed by atoms with Crippen molar-refractivity contribution in [3.63, 3.8) is 0 Å². The Balaban J connectivity index is 0.00000289. The summed E-state index contributed by atoms with van der Waals surface area (Å²) in [6.45, 7) is 9.27. The van der Waals surface area contributed by atoms with Crippen LogP contribution in [-0.2, 0) is 16.0 Å². The van der Waals surface area contributed by atoms with Crippen LogP contribution in [0.2, 0.25) is 0 Å². The summed E-state index contributed by atoms with van der Waals surface area (Å²) in [6, 6.07) is 6.71. The van der Waals surface area contributed by atoms with Gasteiger partial charge in [0.05, 0.1) is 25.6 Å². The van der Waals surface area contributed by atoms with E-state index in [4.69, 9.17) is 4.74 Å².